The van der Waals surface area contributed by atoms with Gasteiger partial charge in [0.05, 0.1) is 25.5 Å². The molecular formula is C15H15FN2O3. The van der Waals surface area contributed by atoms with Gasteiger partial charge in [0.15, 0.2) is 0 Å². The Bertz CT molecular complexity index is 661. The highest BCUT2D eigenvalue weighted by atomic mass is 19.1. The van der Waals surface area contributed by atoms with Gasteiger partial charge in [-0.15, -0.1) is 0 Å². The summed E-state index contributed by atoms with van der Waals surface area (Å²) in [5.41, 5.74) is 0.879. The van der Waals surface area contributed by atoms with Crippen LogP contribution in [-0.2, 0) is 4.84 Å². The van der Waals surface area contributed by atoms with E-state index in [9.17, 15) is 9.18 Å². The molecule has 6 heteroatoms. The number of benzene rings is 1. The lowest BCUT2D eigenvalue weighted by Crippen LogP contribution is -2.25. The maximum absolute atomic E-state index is 14.0. The predicted molar refractivity (Wildman–Crippen MR) is 75.3 cm³/mol. The van der Waals surface area contributed by atoms with Gasteiger partial charge in [0.2, 0.25) is 0 Å². The second-order valence-electron chi connectivity index (χ2n) is 4.23. The number of hydrogen-bond donors (Lipinski definition) is 0. The van der Waals surface area contributed by atoms with Crippen molar-refractivity contribution in [2.45, 2.75) is 0 Å². The fourth-order valence-corrected chi connectivity index (χ4v) is 1.89. The molecule has 1 amide bonds. The number of hydroxylamine groups is 2. The number of ether oxygens (including phenoxy) is 1. The molecule has 21 heavy (non-hydrogen) atoms. The van der Waals surface area contributed by atoms with Crippen LogP contribution in [0.25, 0.3) is 11.3 Å². The Kier molecular flexibility index (Phi) is 4.49. The molecule has 1 aromatic heterocycles. The van der Waals surface area contributed by atoms with Gasteiger partial charge >= 0.3 is 0 Å². The molecule has 0 N–H and O–H groups in total. The smallest absolute Gasteiger partial charge is 0.277 e. The highest BCUT2D eigenvalue weighted by Gasteiger charge is 2.16. The number of amides is 1. The fraction of sp³-hybridized carbons (Fsp3) is 0.200. The van der Waals surface area contributed by atoms with E-state index >= 15 is 0 Å². The van der Waals surface area contributed by atoms with Gasteiger partial charge in [-0.05, 0) is 24.3 Å². The zero-order chi connectivity index (χ0) is 15.4. The fourth-order valence-electron chi connectivity index (χ4n) is 1.89. The molecule has 110 valence electrons. The van der Waals surface area contributed by atoms with Crippen LogP contribution >= 0.6 is 0 Å². The number of carbonyl (C=O) groups excluding carboxylic acids is 1. The van der Waals surface area contributed by atoms with Gasteiger partial charge in [0.25, 0.3) is 5.91 Å². The molecule has 0 unspecified atom stereocenters. The van der Waals surface area contributed by atoms with Gasteiger partial charge in [-0.3, -0.25) is 14.6 Å². The topological polar surface area (TPSA) is 51.7 Å². The largest absolute Gasteiger partial charge is 0.496 e. The van der Waals surface area contributed by atoms with E-state index in [-0.39, 0.29) is 11.5 Å². The van der Waals surface area contributed by atoms with E-state index in [2.05, 4.69) is 4.98 Å². The first-order valence-electron chi connectivity index (χ1n) is 6.19. The Morgan fingerprint density at radius 2 is 2.05 bits per heavy atom. The van der Waals surface area contributed by atoms with Gasteiger partial charge in [-0.25, -0.2) is 9.45 Å². The highest BCUT2D eigenvalue weighted by Crippen LogP contribution is 2.31. The normalized spacial score (nSPS) is 10.3. The molecule has 0 bridgehead atoms. The average Bonchev–Trinajstić information content (AvgIpc) is 2.53. The second-order valence-corrected chi connectivity index (χ2v) is 4.23. The molecule has 0 aliphatic carbocycles. The van der Waals surface area contributed by atoms with Crippen LogP contribution in [0.5, 0.6) is 5.75 Å². The molecule has 0 saturated carbocycles. The molecule has 0 aliphatic rings. The lowest BCUT2D eigenvalue weighted by Gasteiger charge is -2.14. The van der Waals surface area contributed by atoms with Crippen molar-refractivity contribution in [1.82, 2.24) is 10.0 Å². The summed E-state index contributed by atoms with van der Waals surface area (Å²) in [6.07, 6.45) is 1.44. The third kappa shape index (κ3) is 3.00. The summed E-state index contributed by atoms with van der Waals surface area (Å²) in [5, 5.41) is 1.08. The number of rotatable bonds is 4. The average molecular weight is 290 g/mol. The molecule has 0 spiro atoms. The summed E-state index contributed by atoms with van der Waals surface area (Å²) < 4.78 is 19.2. The minimum absolute atomic E-state index is 0.217. The van der Waals surface area contributed by atoms with Crippen molar-refractivity contribution in [2.24, 2.45) is 0 Å². The minimum atomic E-state index is -0.466. The molecule has 2 rings (SSSR count). The summed E-state index contributed by atoms with van der Waals surface area (Å²) in [6.45, 7) is 0. The third-order valence-corrected chi connectivity index (χ3v) is 3.02. The van der Waals surface area contributed by atoms with Crippen LogP contribution in [0, 0.1) is 5.82 Å². The summed E-state index contributed by atoms with van der Waals surface area (Å²) in [5.74, 6) is -0.463. The molecule has 2 aromatic rings. The zero-order valence-corrected chi connectivity index (χ0v) is 12.0. The van der Waals surface area contributed by atoms with Crippen molar-refractivity contribution >= 4 is 5.91 Å². The van der Waals surface area contributed by atoms with Gasteiger partial charge in [-0.1, -0.05) is 6.07 Å². The SMILES string of the molecule is COc1cccc(F)c1-c1cc(C(=O)N(C)OC)ccn1. The predicted octanol–water partition coefficient (Wildman–Crippen LogP) is 2.53. The molecule has 1 aromatic carbocycles. The third-order valence-electron chi connectivity index (χ3n) is 3.02. The Labute approximate surface area is 121 Å². The van der Waals surface area contributed by atoms with Crippen LogP contribution in [0.4, 0.5) is 4.39 Å². The quantitative estimate of drug-likeness (QED) is 0.812. The first-order chi connectivity index (χ1) is 10.1. The number of aromatic nitrogens is 1. The molecule has 0 fully saturated rings. The maximum atomic E-state index is 14.0. The van der Waals surface area contributed by atoms with Crippen LogP contribution in [0.2, 0.25) is 0 Å². The number of nitrogens with zero attached hydrogens (tertiary/aromatic N) is 2. The first-order valence-corrected chi connectivity index (χ1v) is 6.19. The van der Waals surface area contributed by atoms with Crippen molar-refractivity contribution in [1.29, 1.82) is 0 Å². The van der Waals surface area contributed by atoms with E-state index in [0.717, 1.165) is 5.06 Å². The lowest BCUT2D eigenvalue weighted by atomic mass is 10.1. The van der Waals surface area contributed by atoms with Gasteiger partial charge < -0.3 is 4.74 Å². The molecule has 5 nitrogen and oxygen atoms in total. The Morgan fingerprint density at radius 1 is 1.29 bits per heavy atom. The molecule has 0 radical (unpaired) electrons. The maximum Gasteiger partial charge on any atom is 0.277 e. The van der Waals surface area contributed by atoms with E-state index in [4.69, 9.17) is 9.57 Å². The van der Waals surface area contributed by atoms with Crippen LogP contribution in [0.1, 0.15) is 10.4 Å². The van der Waals surface area contributed by atoms with Crippen molar-refractivity contribution in [2.75, 3.05) is 21.3 Å². The summed E-state index contributed by atoms with van der Waals surface area (Å²) in [6, 6.07) is 7.53. The Balaban J connectivity index is 2.50. The van der Waals surface area contributed by atoms with Crippen LogP contribution < -0.4 is 4.74 Å². The number of carbonyl (C=O) groups is 1. The zero-order valence-electron chi connectivity index (χ0n) is 12.0. The lowest BCUT2D eigenvalue weighted by molar-refractivity contribution is -0.0757. The number of pyridine rings is 1. The molecule has 0 atom stereocenters. The monoisotopic (exact) mass is 290 g/mol. The Morgan fingerprint density at radius 3 is 2.71 bits per heavy atom. The van der Waals surface area contributed by atoms with Crippen molar-refractivity contribution in [3.05, 3.63) is 47.9 Å². The minimum Gasteiger partial charge on any atom is -0.496 e. The molecule has 0 aliphatic heterocycles. The summed E-state index contributed by atoms with van der Waals surface area (Å²) in [4.78, 5) is 21.0. The number of hydrogen-bond acceptors (Lipinski definition) is 4. The van der Waals surface area contributed by atoms with Crippen molar-refractivity contribution in [3.8, 4) is 17.0 Å². The standard InChI is InChI=1S/C15H15FN2O3/c1-18(21-3)15(19)10-7-8-17-12(9-10)14-11(16)5-4-6-13(14)20-2/h4-9H,1-3H3. The van der Waals surface area contributed by atoms with E-state index in [1.807, 2.05) is 0 Å². The Hall–Kier alpha value is -2.47. The van der Waals surface area contributed by atoms with Gasteiger partial charge in [0, 0.05) is 18.8 Å². The first kappa shape index (κ1) is 14.9. The van der Waals surface area contributed by atoms with Crippen LogP contribution in [0.3, 0.4) is 0 Å². The van der Waals surface area contributed by atoms with Crippen LogP contribution in [-0.4, -0.2) is 37.2 Å². The van der Waals surface area contributed by atoms with Crippen LogP contribution in [0.15, 0.2) is 36.5 Å². The number of halogens is 1. The van der Waals surface area contributed by atoms with Gasteiger partial charge in [0.1, 0.15) is 11.6 Å². The van der Waals surface area contributed by atoms with Gasteiger partial charge in [-0.2, -0.15) is 0 Å². The van der Waals surface area contributed by atoms with E-state index in [1.165, 1.54) is 45.7 Å². The summed E-state index contributed by atoms with van der Waals surface area (Å²) >= 11 is 0. The van der Waals surface area contributed by atoms with Crippen molar-refractivity contribution in [3.63, 3.8) is 0 Å². The van der Waals surface area contributed by atoms with E-state index in [0.29, 0.717) is 17.0 Å². The van der Waals surface area contributed by atoms with Crippen molar-refractivity contribution < 1.29 is 18.8 Å². The second kappa shape index (κ2) is 6.32. The van der Waals surface area contributed by atoms with E-state index < -0.39 is 5.82 Å². The number of methoxy groups -OCH3 is 1. The molecule has 1 heterocycles. The molecule has 0 saturated heterocycles. The summed E-state index contributed by atoms with van der Waals surface area (Å²) in [7, 11) is 4.33. The molecular weight excluding hydrogens is 275 g/mol. The highest BCUT2D eigenvalue weighted by molar-refractivity contribution is 5.94. The van der Waals surface area contributed by atoms with E-state index in [1.54, 1.807) is 12.1 Å².